The van der Waals surface area contributed by atoms with Gasteiger partial charge in [0, 0.05) is 15.8 Å². The first kappa shape index (κ1) is 11.2. The number of benzene rings is 1. The SMILES string of the molecule is F/C(=C/CBr)C1(c2ccc(Cl)cc2)CC1. The van der Waals surface area contributed by atoms with Gasteiger partial charge in [-0.05, 0) is 36.6 Å². The average Bonchev–Trinajstić information content (AvgIpc) is 3.00. The van der Waals surface area contributed by atoms with E-state index in [0.717, 1.165) is 18.4 Å². The Bertz CT molecular complexity index is 379. The zero-order chi connectivity index (χ0) is 10.9. The highest BCUT2D eigenvalue weighted by Crippen LogP contribution is 2.54. The number of allylic oxidation sites excluding steroid dienone is 2. The van der Waals surface area contributed by atoms with E-state index < -0.39 is 0 Å². The van der Waals surface area contributed by atoms with Gasteiger partial charge in [0.15, 0.2) is 0 Å². The molecule has 80 valence electrons. The first-order valence-corrected chi connectivity index (χ1v) is 6.37. The Hall–Kier alpha value is -0.340. The van der Waals surface area contributed by atoms with Gasteiger partial charge < -0.3 is 0 Å². The van der Waals surface area contributed by atoms with E-state index in [1.807, 2.05) is 24.3 Å². The fourth-order valence-electron chi connectivity index (χ4n) is 1.82. The van der Waals surface area contributed by atoms with Crippen molar-refractivity contribution in [3.8, 4) is 0 Å². The molecule has 0 atom stereocenters. The van der Waals surface area contributed by atoms with Crippen LogP contribution in [0.5, 0.6) is 0 Å². The normalized spacial score (nSPS) is 19.0. The molecule has 1 aromatic carbocycles. The molecular weight excluding hydrogens is 278 g/mol. The van der Waals surface area contributed by atoms with Crippen LogP contribution < -0.4 is 0 Å². The van der Waals surface area contributed by atoms with Crippen molar-refractivity contribution < 1.29 is 4.39 Å². The quantitative estimate of drug-likeness (QED) is 0.712. The van der Waals surface area contributed by atoms with Crippen molar-refractivity contribution in [3.05, 3.63) is 46.8 Å². The van der Waals surface area contributed by atoms with Crippen LogP contribution in [0.1, 0.15) is 18.4 Å². The maximum Gasteiger partial charge on any atom is 0.107 e. The van der Waals surface area contributed by atoms with Crippen molar-refractivity contribution in [2.75, 3.05) is 5.33 Å². The monoisotopic (exact) mass is 288 g/mol. The largest absolute Gasteiger partial charge is 0.211 e. The lowest BCUT2D eigenvalue weighted by Crippen LogP contribution is -2.07. The van der Waals surface area contributed by atoms with Crippen molar-refractivity contribution in [3.63, 3.8) is 0 Å². The molecule has 1 saturated carbocycles. The molecule has 0 unspecified atom stereocenters. The topological polar surface area (TPSA) is 0 Å². The first-order chi connectivity index (χ1) is 7.19. The predicted molar refractivity (Wildman–Crippen MR) is 65.3 cm³/mol. The summed E-state index contributed by atoms with van der Waals surface area (Å²) in [7, 11) is 0. The first-order valence-electron chi connectivity index (χ1n) is 4.87. The minimum absolute atomic E-state index is 0.0262. The van der Waals surface area contributed by atoms with Crippen molar-refractivity contribution >= 4 is 27.5 Å². The van der Waals surface area contributed by atoms with Crippen LogP contribution in [0, 0.1) is 0 Å². The Balaban J connectivity index is 2.30. The zero-order valence-corrected chi connectivity index (χ0v) is 10.5. The standard InChI is InChI=1S/C12H11BrClF/c13-8-5-11(15)12(6-7-12)9-1-3-10(14)4-2-9/h1-5H,6-8H2/b11-5+. The number of halogens is 3. The van der Waals surface area contributed by atoms with Crippen LogP contribution in [0.2, 0.25) is 5.02 Å². The molecule has 0 spiro atoms. The highest BCUT2D eigenvalue weighted by Gasteiger charge is 2.48. The Morgan fingerprint density at radius 3 is 2.47 bits per heavy atom. The molecule has 0 aromatic heterocycles. The molecule has 3 heteroatoms. The number of hydrogen-bond donors (Lipinski definition) is 0. The Labute approximate surface area is 102 Å². The number of alkyl halides is 1. The van der Waals surface area contributed by atoms with Crippen molar-refractivity contribution in [1.29, 1.82) is 0 Å². The van der Waals surface area contributed by atoms with Crippen molar-refractivity contribution in [2.24, 2.45) is 0 Å². The van der Waals surface area contributed by atoms with E-state index in [-0.39, 0.29) is 11.2 Å². The summed E-state index contributed by atoms with van der Waals surface area (Å²) in [5, 5.41) is 1.26. The highest BCUT2D eigenvalue weighted by molar-refractivity contribution is 9.09. The summed E-state index contributed by atoms with van der Waals surface area (Å²) in [6.07, 6.45) is 3.38. The van der Waals surface area contributed by atoms with Crippen LogP contribution in [0.3, 0.4) is 0 Å². The third-order valence-electron chi connectivity index (χ3n) is 2.86. The molecule has 0 bridgehead atoms. The molecule has 1 fully saturated rings. The van der Waals surface area contributed by atoms with E-state index in [1.165, 1.54) is 0 Å². The van der Waals surface area contributed by atoms with Gasteiger partial charge in [-0.15, -0.1) is 0 Å². The van der Waals surface area contributed by atoms with Crippen LogP contribution in [0.15, 0.2) is 36.2 Å². The van der Waals surface area contributed by atoms with Crippen molar-refractivity contribution in [2.45, 2.75) is 18.3 Å². The maximum absolute atomic E-state index is 13.8. The minimum Gasteiger partial charge on any atom is -0.211 e. The maximum atomic E-state index is 13.8. The molecular formula is C12H11BrClF. The smallest absolute Gasteiger partial charge is 0.107 e. The lowest BCUT2D eigenvalue weighted by Gasteiger charge is -2.13. The van der Waals surface area contributed by atoms with Gasteiger partial charge in [0.25, 0.3) is 0 Å². The lowest BCUT2D eigenvalue weighted by molar-refractivity contribution is 0.534. The molecule has 1 aromatic rings. The molecule has 0 heterocycles. The summed E-state index contributed by atoms with van der Waals surface area (Å²) in [4.78, 5) is 0. The molecule has 0 nitrogen and oxygen atoms in total. The molecule has 0 saturated heterocycles. The van der Waals surface area contributed by atoms with Gasteiger partial charge in [-0.2, -0.15) is 0 Å². The zero-order valence-electron chi connectivity index (χ0n) is 8.14. The summed E-state index contributed by atoms with van der Waals surface area (Å²) < 4.78 is 13.8. The summed E-state index contributed by atoms with van der Waals surface area (Å²) in [5.74, 6) is -0.0262. The number of rotatable bonds is 3. The molecule has 2 rings (SSSR count). The van der Waals surface area contributed by atoms with E-state index in [4.69, 9.17) is 11.6 Å². The van der Waals surface area contributed by atoms with Crippen LogP contribution in [0.4, 0.5) is 4.39 Å². The fourth-order valence-corrected chi connectivity index (χ4v) is 2.23. The van der Waals surface area contributed by atoms with E-state index in [1.54, 1.807) is 6.08 Å². The van der Waals surface area contributed by atoms with Crippen LogP contribution >= 0.6 is 27.5 Å². The van der Waals surface area contributed by atoms with E-state index >= 15 is 0 Å². The van der Waals surface area contributed by atoms with Crippen LogP contribution in [-0.4, -0.2) is 5.33 Å². The molecule has 1 aliphatic rings. The number of hydrogen-bond acceptors (Lipinski definition) is 0. The van der Waals surface area contributed by atoms with Gasteiger partial charge in [0.05, 0.1) is 0 Å². The van der Waals surface area contributed by atoms with Gasteiger partial charge in [0.1, 0.15) is 5.83 Å². The summed E-state index contributed by atoms with van der Waals surface area (Å²) in [5.41, 5.74) is 0.680. The molecule has 0 amide bonds. The Kier molecular flexibility index (Phi) is 3.17. The van der Waals surface area contributed by atoms with E-state index in [9.17, 15) is 4.39 Å². The second-order valence-corrected chi connectivity index (χ2v) is 4.88. The molecule has 1 aliphatic carbocycles. The van der Waals surface area contributed by atoms with Gasteiger partial charge in [0.2, 0.25) is 0 Å². The fraction of sp³-hybridized carbons (Fsp3) is 0.333. The second-order valence-electron chi connectivity index (χ2n) is 3.80. The second kappa shape index (κ2) is 4.26. The molecule has 15 heavy (non-hydrogen) atoms. The third-order valence-corrected chi connectivity index (χ3v) is 3.44. The summed E-state index contributed by atoms with van der Waals surface area (Å²) >= 11 is 9.02. The Morgan fingerprint density at radius 1 is 1.40 bits per heavy atom. The van der Waals surface area contributed by atoms with Crippen molar-refractivity contribution in [1.82, 2.24) is 0 Å². The van der Waals surface area contributed by atoms with E-state index in [2.05, 4.69) is 15.9 Å². The van der Waals surface area contributed by atoms with Gasteiger partial charge in [-0.1, -0.05) is 39.7 Å². The summed E-state index contributed by atoms with van der Waals surface area (Å²) in [6.45, 7) is 0. The molecule has 0 N–H and O–H groups in total. The molecule has 0 aliphatic heterocycles. The van der Waals surface area contributed by atoms with Crippen LogP contribution in [0.25, 0.3) is 0 Å². The Morgan fingerprint density at radius 2 is 2.00 bits per heavy atom. The molecule has 0 radical (unpaired) electrons. The highest BCUT2D eigenvalue weighted by atomic mass is 79.9. The van der Waals surface area contributed by atoms with Gasteiger partial charge >= 0.3 is 0 Å². The van der Waals surface area contributed by atoms with Gasteiger partial charge in [-0.3, -0.25) is 0 Å². The predicted octanol–water partition coefficient (Wildman–Crippen LogP) is 4.62. The third kappa shape index (κ3) is 2.11. The average molecular weight is 290 g/mol. The summed E-state index contributed by atoms with van der Waals surface area (Å²) in [6, 6.07) is 7.46. The van der Waals surface area contributed by atoms with Gasteiger partial charge in [-0.25, -0.2) is 4.39 Å². The minimum atomic E-state index is -0.349. The van der Waals surface area contributed by atoms with E-state index in [0.29, 0.717) is 10.4 Å². The van der Waals surface area contributed by atoms with Crippen LogP contribution in [-0.2, 0) is 5.41 Å². The lowest BCUT2D eigenvalue weighted by atomic mass is 9.94.